The van der Waals surface area contributed by atoms with E-state index in [4.69, 9.17) is 0 Å². The number of sulfonamides is 1. The minimum Gasteiger partial charge on any atom is -0.310 e. The second-order valence-electron chi connectivity index (χ2n) is 5.12. The molecule has 2 rings (SSSR count). The van der Waals surface area contributed by atoms with Crippen molar-refractivity contribution in [3.63, 3.8) is 0 Å². The van der Waals surface area contributed by atoms with E-state index in [0.29, 0.717) is 12.1 Å². The summed E-state index contributed by atoms with van der Waals surface area (Å²) in [7, 11) is -3.62. The van der Waals surface area contributed by atoms with E-state index < -0.39 is 10.0 Å². The van der Waals surface area contributed by atoms with Crippen LogP contribution in [0.4, 0.5) is 0 Å². The highest BCUT2D eigenvalue weighted by atomic mass is 32.2. The van der Waals surface area contributed by atoms with Crippen molar-refractivity contribution in [2.24, 2.45) is 0 Å². The maximum atomic E-state index is 12.4. The molecular weight excluding hydrogens is 308 g/mol. The lowest BCUT2D eigenvalue weighted by Crippen LogP contribution is -2.27. The summed E-state index contributed by atoms with van der Waals surface area (Å²) >= 11 is 1.54. The molecule has 0 fully saturated rings. The molecule has 0 saturated heterocycles. The van der Waals surface area contributed by atoms with Gasteiger partial charge in [-0.25, -0.2) is 13.1 Å². The predicted molar refractivity (Wildman–Crippen MR) is 83.6 cm³/mol. The van der Waals surface area contributed by atoms with Gasteiger partial charge in [-0.05, 0) is 29.3 Å². The van der Waals surface area contributed by atoms with Crippen LogP contribution in [0.3, 0.4) is 0 Å². The van der Waals surface area contributed by atoms with E-state index in [-0.39, 0.29) is 17.6 Å². The average Bonchev–Trinajstić information content (AvgIpc) is 3.03. The molecule has 3 N–H and O–H groups in total. The van der Waals surface area contributed by atoms with Gasteiger partial charge in [0.2, 0.25) is 0 Å². The summed E-state index contributed by atoms with van der Waals surface area (Å²) in [6.45, 7) is 6.59. The lowest BCUT2D eigenvalue weighted by Gasteiger charge is -2.10. The van der Waals surface area contributed by atoms with Crippen LogP contribution in [0.2, 0.25) is 0 Å². The van der Waals surface area contributed by atoms with Gasteiger partial charge in [-0.15, -0.1) is 0 Å². The Bertz CT molecular complexity index is 675. The van der Waals surface area contributed by atoms with Crippen LogP contribution in [0.1, 0.15) is 30.7 Å². The number of hydrogen-bond acceptors (Lipinski definition) is 5. The van der Waals surface area contributed by atoms with Gasteiger partial charge in [0.05, 0.1) is 0 Å². The fraction of sp³-hybridized carbons (Fsp3) is 0.462. The number of aryl methyl sites for hydroxylation is 1. The number of aromatic nitrogens is 2. The zero-order chi connectivity index (χ0) is 15.5. The van der Waals surface area contributed by atoms with Crippen LogP contribution in [-0.4, -0.2) is 24.7 Å². The fourth-order valence-electron chi connectivity index (χ4n) is 1.81. The van der Waals surface area contributed by atoms with E-state index in [1.165, 1.54) is 11.3 Å². The minimum absolute atomic E-state index is 0.0726. The highest BCUT2D eigenvalue weighted by Gasteiger charge is 2.23. The van der Waals surface area contributed by atoms with Crippen molar-refractivity contribution in [1.82, 2.24) is 20.2 Å². The molecule has 0 aliphatic rings. The fourth-order valence-corrected chi connectivity index (χ4v) is 3.68. The minimum atomic E-state index is -3.62. The lowest BCUT2D eigenvalue weighted by molar-refractivity contribution is 0.564. The van der Waals surface area contributed by atoms with Crippen LogP contribution < -0.4 is 10.0 Å². The van der Waals surface area contributed by atoms with Crippen molar-refractivity contribution in [3.05, 3.63) is 33.6 Å². The van der Waals surface area contributed by atoms with E-state index in [1.807, 2.05) is 37.6 Å². The quantitative estimate of drug-likeness (QED) is 0.723. The van der Waals surface area contributed by atoms with Crippen LogP contribution >= 0.6 is 11.3 Å². The van der Waals surface area contributed by atoms with Gasteiger partial charge < -0.3 is 5.32 Å². The van der Waals surface area contributed by atoms with E-state index in [2.05, 4.69) is 20.2 Å². The third-order valence-corrected chi connectivity index (χ3v) is 5.13. The monoisotopic (exact) mass is 328 g/mol. The molecule has 2 heterocycles. The van der Waals surface area contributed by atoms with Crippen LogP contribution in [0.5, 0.6) is 0 Å². The number of nitrogens with zero attached hydrogens (tertiary/aromatic N) is 1. The third kappa shape index (κ3) is 4.13. The SMILES string of the molecule is Cc1[nH]nc(S(=O)(=O)NCc2ccsc2)c1CNC(C)C. The summed E-state index contributed by atoms with van der Waals surface area (Å²) in [5.74, 6) is 0. The maximum absolute atomic E-state index is 12.4. The number of H-pyrrole nitrogens is 1. The number of hydrogen-bond donors (Lipinski definition) is 3. The summed E-state index contributed by atoms with van der Waals surface area (Å²) < 4.78 is 27.4. The van der Waals surface area contributed by atoms with Crippen molar-refractivity contribution in [2.75, 3.05) is 0 Å². The Morgan fingerprint density at radius 1 is 1.38 bits per heavy atom. The van der Waals surface area contributed by atoms with Crippen molar-refractivity contribution < 1.29 is 8.42 Å². The van der Waals surface area contributed by atoms with Crippen LogP contribution in [0, 0.1) is 6.92 Å². The Morgan fingerprint density at radius 2 is 2.14 bits per heavy atom. The van der Waals surface area contributed by atoms with Crippen molar-refractivity contribution in [2.45, 2.75) is 44.9 Å². The zero-order valence-corrected chi connectivity index (χ0v) is 13.9. The highest BCUT2D eigenvalue weighted by molar-refractivity contribution is 7.89. The summed E-state index contributed by atoms with van der Waals surface area (Å²) in [6.07, 6.45) is 0. The van der Waals surface area contributed by atoms with Crippen molar-refractivity contribution >= 4 is 21.4 Å². The van der Waals surface area contributed by atoms with Gasteiger partial charge in [-0.3, -0.25) is 5.10 Å². The normalized spacial score (nSPS) is 12.2. The molecule has 6 nitrogen and oxygen atoms in total. The Hall–Kier alpha value is -1.22. The predicted octanol–water partition coefficient (Wildman–Crippen LogP) is 1.76. The van der Waals surface area contributed by atoms with Gasteiger partial charge in [-0.1, -0.05) is 13.8 Å². The van der Waals surface area contributed by atoms with Gasteiger partial charge in [0.25, 0.3) is 10.0 Å². The molecule has 21 heavy (non-hydrogen) atoms. The average molecular weight is 328 g/mol. The van der Waals surface area contributed by atoms with E-state index in [0.717, 1.165) is 11.3 Å². The van der Waals surface area contributed by atoms with E-state index in [9.17, 15) is 8.42 Å². The Kier molecular flexibility index (Phi) is 5.15. The molecule has 0 atom stereocenters. The smallest absolute Gasteiger partial charge is 0.260 e. The third-order valence-electron chi connectivity index (χ3n) is 3.02. The van der Waals surface area contributed by atoms with Gasteiger partial charge in [0.15, 0.2) is 5.03 Å². The van der Waals surface area contributed by atoms with Gasteiger partial charge in [-0.2, -0.15) is 16.4 Å². The molecule has 0 aromatic carbocycles. The summed E-state index contributed by atoms with van der Waals surface area (Å²) in [5.41, 5.74) is 2.39. The van der Waals surface area contributed by atoms with Crippen LogP contribution in [-0.2, 0) is 23.1 Å². The molecule has 2 aromatic heterocycles. The van der Waals surface area contributed by atoms with Gasteiger partial charge >= 0.3 is 0 Å². The molecule has 0 aliphatic heterocycles. The topological polar surface area (TPSA) is 86.9 Å². The Morgan fingerprint density at radius 3 is 2.76 bits per heavy atom. The molecule has 0 radical (unpaired) electrons. The first-order valence-corrected chi connectivity index (χ1v) is 9.10. The second-order valence-corrected chi connectivity index (χ2v) is 7.59. The number of rotatable bonds is 7. The first-order chi connectivity index (χ1) is 9.90. The number of thiophene rings is 1. The number of nitrogens with one attached hydrogen (secondary N) is 3. The van der Waals surface area contributed by atoms with Crippen molar-refractivity contribution in [1.29, 1.82) is 0 Å². The molecule has 0 bridgehead atoms. The van der Waals surface area contributed by atoms with Crippen LogP contribution in [0.25, 0.3) is 0 Å². The summed E-state index contributed by atoms with van der Waals surface area (Å²) in [5, 5.41) is 13.8. The molecule has 0 aliphatic carbocycles. The molecule has 0 saturated carbocycles. The molecule has 116 valence electrons. The molecule has 0 amide bonds. The van der Waals surface area contributed by atoms with Gasteiger partial charge in [0.1, 0.15) is 0 Å². The molecule has 2 aromatic rings. The molecule has 0 spiro atoms. The first-order valence-electron chi connectivity index (χ1n) is 6.68. The van der Waals surface area contributed by atoms with Gasteiger partial charge in [0, 0.05) is 30.4 Å². The van der Waals surface area contributed by atoms with Crippen LogP contribution in [0.15, 0.2) is 21.9 Å². The highest BCUT2D eigenvalue weighted by Crippen LogP contribution is 2.17. The lowest BCUT2D eigenvalue weighted by atomic mass is 10.2. The zero-order valence-electron chi connectivity index (χ0n) is 12.3. The summed E-state index contributed by atoms with van der Waals surface area (Å²) in [6, 6.07) is 2.16. The second kappa shape index (κ2) is 6.69. The Labute approximate surface area is 129 Å². The maximum Gasteiger partial charge on any atom is 0.260 e. The summed E-state index contributed by atoms with van der Waals surface area (Å²) in [4.78, 5) is 0. The standard InChI is InChI=1S/C13H20N4O2S2/c1-9(2)14-7-12-10(3)16-17-13(12)21(18,19)15-6-11-4-5-20-8-11/h4-5,8-9,14-15H,6-7H2,1-3H3,(H,16,17). The first kappa shape index (κ1) is 16.2. The molecule has 0 unspecified atom stereocenters. The molecular formula is C13H20N4O2S2. The van der Waals surface area contributed by atoms with E-state index >= 15 is 0 Å². The largest absolute Gasteiger partial charge is 0.310 e. The molecule has 8 heteroatoms. The number of aromatic amines is 1. The van der Waals surface area contributed by atoms with E-state index in [1.54, 1.807) is 0 Å². The Balaban J connectivity index is 2.15. The van der Waals surface area contributed by atoms with Crippen molar-refractivity contribution in [3.8, 4) is 0 Å².